The number of hydrogen-bond acceptors (Lipinski definition) is 6. The van der Waals surface area contributed by atoms with Crippen molar-refractivity contribution in [1.82, 2.24) is 0 Å². The molecule has 2 aromatic rings. The molecule has 2 aromatic carbocycles. The van der Waals surface area contributed by atoms with Gasteiger partial charge in [0.2, 0.25) is 6.29 Å². The molecule has 120 valence electrons. The second-order valence-electron chi connectivity index (χ2n) is 4.68. The van der Waals surface area contributed by atoms with Crippen LogP contribution in [0.15, 0.2) is 48.5 Å². The molecule has 0 fully saturated rings. The molecular formula is C17H16O6. The van der Waals surface area contributed by atoms with Crippen molar-refractivity contribution in [3.63, 3.8) is 0 Å². The summed E-state index contributed by atoms with van der Waals surface area (Å²) in [4.78, 5) is 24.0. The first-order valence-electron chi connectivity index (χ1n) is 7.01. The number of phenolic OH excluding ortho intramolecular Hbond substituents is 2. The summed E-state index contributed by atoms with van der Waals surface area (Å²) < 4.78 is 10.1. The summed E-state index contributed by atoms with van der Waals surface area (Å²) in [5, 5.41) is 19.2. The van der Waals surface area contributed by atoms with Crippen LogP contribution in [0.25, 0.3) is 0 Å². The number of carbonyl (C=O) groups is 2. The summed E-state index contributed by atoms with van der Waals surface area (Å²) in [5.41, 5.74) is -0.0471. The van der Waals surface area contributed by atoms with Crippen LogP contribution in [0.1, 0.15) is 34.1 Å². The van der Waals surface area contributed by atoms with Gasteiger partial charge in [0.25, 0.3) is 0 Å². The second kappa shape index (κ2) is 7.31. The lowest BCUT2D eigenvalue weighted by Gasteiger charge is -2.17. The van der Waals surface area contributed by atoms with Gasteiger partial charge in [0.15, 0.2) is 0 Å². The highest BCUT2D eigenvalue weighted by Crippen LogP contribution is 2.20. The van der Waals surface area contributed by atoms with E-state index >= 15 is 0 Å². The van der Waals surface area contributed by atoms with E-state index in [0.717, 1.165) is 0 Å². The standard InChI is InChI=1S/C17H16O6/c1-2-15(22-16(20)11-7-3-5-9-13(11)18)23-17(21)12-8-4-6-10-14(12)19/h3-10,15,18-19H,2H2,1H3. The molecule has 2 N–H and O–H groups in total. The first-order chi connectivity index (χ1) is 11.0. The summed E-state index contributed by atoms with van der Waals surface area (Å²) in [7, 11) is 0. The number of rotatable bonds is 5. The largest absolute Gasteiger partial charge is 0.507 e. The van der Waals surface area contributed by atoms with Gasteiger partial charge >= 0.3 is 11.9 Å². The van der Waals surface area contributed by atoms with E-state index in [2.05, 4.69) is 0 Å². The predicted molar refractivity (Wildman–Crippen MR) is 81.1 cm³/mol. The molecule has 2 rings (SSSR count). The van der Waals surface area contributed by atoms with Crippen molar-refractivity contribution >= 4 is 11.9 Å². The van der Waals surface area contributed by atoms with Gasteiger partial charge in [-0.3, -0.25) is 0 Å². The first-order valence-corrected chi connectivity index (χ1v) is 7.01. The maximum Gasteiger partial charge on any atom is 0.344 e. The second-order valence-corrected chi connectivity index (χ2v) is 4.68. The minimum Gasteiger partial charge on any atom is -0.507 e. The predicted octanol–water partition coefficient (Wildman–Crippen LogP) is 2.85. The zero-order valence-corrected chi connectivity index (χ0v) is 12.4. The van der Waals surface area contributed by atoms with E-state index in [0.29, 0.717) is 0 Å². The van der Waals surface area contributed by atoms with Crippen molar-refractivity contribution in [2.45, 2.75) is 19.6 Å². The highest BCUT2D eigenvalue weighted by Gasteiger charge is 2.22. The van der Waals surface area contributed by atoms with Crippen LogP contribution >= 0.6 is 0 Å². The first kappa shape index (κ1) is 16.4. The van der Waals surface area contributed by atoms with Gasteiger partial charge < -0.3 is 19.7 Å². The number of carbonyl (C=O) groups excluding carboxylic acids is 2. The summed E-state index contributed by atoms with van der Waals surface area (Å²) in [6, 6.07) is 11.8. The van der Waals surface area contributed by atoms with E-state index in [1.807, 2.05) is 0 Å². The van der Waals surface area contributed by atoms with Crippen LogP contribution in [-0.4, -0.2) is 28.4 Å². The number of esters is 2. The highest BCUT2D eigenvalue weighted by atomic mass is 16.7. The fourth-order valence-electron chi connectivity index (χ4n) is 1.85. The van der Waals surface area contributed by atoms with Crippen LogP contribution in [0, 0.1) is 0 Å². The van der Waals surface area contributed by atoms with Crippen molar-refractivity contribution in [3.05, 3.63) is 59.7 Å². The smallest absolute Gasteiger partial charge is 0.344 e. The summed E-state index contributed by atoms with van der Waals surface area (Å²) >= 11 is 0. The molecule has 23 heavy (non-hydrogen) atoms. The molecule has 6 nitrogen and oxygen atoms in total. The normalized spacial score (nSPS) is 10.3. The Labute approximate surface area is 132 Å². The van der Waals surface area contributed by atoms with Crippen molar-refractivity contribution in [2.75, 3.05) is 0 Å². The van der Waals surface area contributed by atoms with E-state index < -0.39 is 18.2 Å². The zero-order valence-electron chi connectivity index (χ0n) is 12.4. The molecule has 0 aliphatic rings. The van der Waals surface area contributed by atoms with Gasteiger partial charge in [-0.15, -0.1) is 0 Å². The third-order valence-corrected chi connectivity index (χ3v) is 3.06. The Kier molecular flexibility index (Phi) is 5.19. The number of aromatic hydroxyl groups is 2. The maximum atomic E-state index is 12.0. The summed E-state index contributed by atoms with van der Waals surface area (Å²) in [6.45, 7) is 1.67. The molecule has 0 saturated heterocycles. The Morgan fingerprint density at radius 2 is 1.26 bits per heavy atom. The van der Waals surface area contributed by atoms with Gasteiger partial charge in [0.05, 0.1) is 0 Å². The minimum absolute atomic E-state index is 0.0236. The molecule has 0 aliphatic heterocycles. The molecule has 0 aliphatic carbocycles. The van der Waals surface area contributed by atoms with E-state index in [4.69, 9.17) is 9.47 Å². The van der Waals surface area contributed by atoms with E-state index in [1.165, 1.54) is 24.3 Å². The van der Waals surface area contributed by atoms with Crippen LogP contribution in [0.3, 0.4) is 0 Å². The van der Waals surface area contributed by atoms with Crippen LogP contribution in [0.4, 0.5) is 0 Å². The number of ether oxygens (including phenoxy) is 2. The third-order valence-electron chi connectivity index (χ3n) is 3.06. The van der Waals surface area contributed by atoms with Gasteiger partial charge in [0, 0.05) is 6.42 Å². The van der Waals surface area contributed by atoms with Gasteiger partial charge in [-0.25, -0.2) is 9.59 Å². The van der Waals surface area contributed by atoms with Crippen LogP contribution < -0.4 is 0 Å². The maximum absolute atomic E-state index is 12.0. The number of phenols is 2. The zero-order chi connectivity index (χ0) is 16.8. The van der Waals surface area contributed by atoms with Crippen LogP contribution in [0.5, 0.6) is 11.5 Å². The third kappa shape index (κ3) is 4.00. The number of benzene rings is 2. The van der Waals surface area contributed by atoms with Crippen LogP contribution in [-0.2, 0) is 9.47 Å². The molecular weight excluding hydrogens is 300 g/mol. The van der Waals surface area contributed by atoms with E-state index in [-0.39, 0.29) is 29.0 Å². The van der Waals surface area contributed by atoms with E-state index in [1.54, 1.807) is 31.2 Å². The monoisotopic (exact) mass is 316 g/mol. The molecule has 0 spiro atoms. The Bertz CT molecular complexity index is 650. The number of hydrogen-bond donors (Lipinski definition) is 2. The minimum atomic E-state index is -1.13. The Morgan fingerprint density at radius 3 is 1.61 bits per heavy atom. The molecule has 0 aromatic heterocycles. The SMILES string of the molecule is CCC(OC(=O)c1ccccc1O)OC(=O)c1ccccc1O. The lowest BCUT2D eigenvalue weighted by molar-refractivity contribution is -0.0808. The Balaban J connectivity index is 2.06. The number of para-hydroxylation sites is 2. The Morgan fingerprint density at radius 1 is 0.870 bits per heavy atom. The van der Waals surface area contributed by atoms with Gasteiger partial charge in [-0.2, -0.15) is 0 Å². The van der Waals surface area contributed by atoms with Crippen molar-refractivity contribution < 1.29 is 29.3 Å². The van der Waals surface area contributed by atoms with Gasteiger partial charge in [-0.1, -0.05) is 31.2 Å². The topological polar surface area (TPSA) is 93.1 Å². The lowest BCUT2D eigenvalue weighted by atomic mass is 10.2. The van der Waals surface area contributed by atoms with Crippen molar-refractivity contribution in [1.29, 1.82) is 0 Å². The molecule has 0 unspecified atom stereocenters. The van der Waals surface area contributed by atoms with Gasteiger partial charge in [-0.05, 0) is 24.3 Å². The molecule has 0 heterocycles. The lowest BCUT2D eigenvalue weighted by Crippen LogP contribution is -2.24. The average Bonchev–Trinajstić information content (AvgIpc) is 2.54. The fraction of sp³-hybridized carbons (Fsp3) is 0.176. The molecule has 0 bridgehead atoms. The summed E-state index contributed by atoms with van der Waals surface area (Å²) in [5.74, 6) is -2.06. The molecule has 0 saturated carbocycles. The molecule has 0 radical (unpaired) electrons. The quantitative estimate of drug-likeness (QED) is 0.651. The molecule has 6 heteroatoms. The Hall–Kier alpha value is -3.02. The van der Waals surface area contributed by atoms with Crippen LogP contribution in [0.2, 0.25) is 0 Å². The molecule has 0 atom stereocenters. The van der Waals surface area contributed by atoms with Crippen molar-refractivity contribution in [2.24, 2.45) is 0 Å². The van der Waals surface area contributed by atoms with E-state index in [9.17, 15) is 19.8 Å². The highest BCUT2D eigenvalue weighted by molar-refractivity contribution is 5.93. The van der Waals surface area contributed by atoms with Gasteiger partial charge in [0.1, 0.15) is 22.6 Å². The van der Waals surface area contributed by atoms with Crippen molar-refractivity contribution in [3.8, 4) is 11.5 Å². The fourth-order valence-corrected chi connectivity index (χ4v) is 1.85. The molecule has 0 amide bonds. The summed E-state index contributed by atoms with van der Waals surface area (Å²) in [6.07, 6.45) is -0.909. The average molecular weight is 316 g/mol.